The van der Waals surface area contributed by atoms with E-state index in [0.29, 0.717) is 0 Å². The lowest BCUT2D eigenvalue weighted by Gasteiger charge is -2.09. The van der Waals surface area contributed by atoms with Gasteiger partial charge in [-0.3, -0.25) is 14.1 Å². The van der Waals surface area contributed by atoms with Gasteiger partial charge in [-0.05, 0) is 6.08 Å². The minimum atomic E-state index is -4.87. The van der Waals surface area contributed by atoms with Crippen molar-refractivity contribution in [1.82, 2.24) is 0 Å². The molecule has 9 heteroatoms. The van der Waals surface area contributed by atoms with Crippen molar-refractivity contribution in [2.75, 3.05) is 6.61 Å². The number of aliphatic carboxylic acids is 1. The van der Waals surface area contributed by atoms with Crippen LogP contribution in [0.2, 0.25) is 0 Å². The summed E-state index contributed by atoms with van der Waals surface area (Å²) in [6.45, 7) is -0.555. The molecule has 0 radical (unpaired) electrons. The molecule has 0 heterocycles. The van der Waals surface area contributed by atoms with Crippen molar-refractivity contribution in [3.8, 4) is 0 Å². The summed E-state index contributed by atoms with van der Waals surface area (Å²) >= 11 is 0. The average Bonchev–Trinajstić information content (AvgIpc) is 2.12. The monoisotopic (exact) mass is 256 g/mol. The molecule has 0 aromatic heterocycles. The van der Waals surface area contributed by atoms with E-state index in [0.717, 1.165) is 6.08 Å². The van der Waals surface area contributed by atoms with Crippen LogP contribution in [0, 0.1) is 0 Å². The smallest absolute Gasteiger partial charge is 0.327 e. The van der Waals surface area contributed by atoms with Crippen LogP contribution in [0.15, 0.2) is 12.4 Å². The van der Waals surface area contributed by atoms with Crippen LogP contribution in [0.25, 0.3) is 0 Å². The summed E-state index contributed by atoms with van der Waals surface area (Å²) in [7, 11) is -4.87. The first kappa shape index (κ1) is 14.5. The number of rotatable bonds is 6. The molecule has 0 aromatic carbocycles. The fourth-order valence-corrected chi connectivity index (χ4v) is 1.39. The number of carbonyl (C=O) groups excluding carboxylic acids is 1. The van der Waals surface area contributed by atoms with Crippen molar-refractivity contribution in [2.24, 2.45) is 0 Å². The maximum atomic E-state index is 11.5. The Balaban J connectivity index is 4.65. The molecule has 0 saturated carbocycles. The molecule has 0 rings (SSSR count). The molecule has 2 N–H and O–H groups in total. The van der Waals surface area contributed by atoms with E-state index < -0.39 is 40.3 Å². The van der Waals surface area contributed by atoms with Crippen molar-refractivity contribution >= 4 is 22.1 Å². The number of ether oxygens (including phenoxy) is 1. The van der Waals surface area contributed by atoms with Crippen LogP contribution in [0.5, 0.6) is 0 Å². The van der Waals surface area contributed by atoms with Gasteiger partial charge in [0.05, 0.1) is 12.8 Å². The number of carbonyl (C=O) groups is 2. The lowest BCUT2D eigenvalue weighted by Crippen LogP contribution is -2.33. The van der Waals surface area contributed by atoms with E-state index in [1.54, 1.807) is 0 Å². The van der Waals surface area contributed by atoms with Crippen LogP contribution in [-0.2, 0) is 24.4 Å². The van der Waals surface area contributed by atoms with E-state index in [-0.39, 0.29) is 6.33 Å². The molecule has 0 aliphatic heterocycles. The fourth-order valence-electron chi connectivity index (χ4n) is 0.728. The number of hydrogen-bond donors (Lipinski definition) is 2. The third-order valence-corrected chi connectivity index (χ3v) is 2.47. The van der Waals surface area contributed by atoms with Crippen molar-refractivity contribution in [2.45, 2.75) is 11.7 Å². The number of carboxylic acid groups (broad SMARTS) is 1. The first-order valence-corrected chi connectivity index (χ1v) is 5.39. The Bertz CT molecular complexity index is 386. The Morgan fingerprint density at radius 3 is 2.38 bits per heavy atom. The molecule has 92 valence electrons. The minimum Gasteiger partial charge on any atom is -0.481 e. The number of hydrogen-bond acceptors (Lipinski definition) is 5. The van der Waals surface area contributed by atoms with E-state index in [4.69, 9.17) is 9.66 Å². The van der Waals surface area contributed by atoms with Crippen LogP contribution >= 0.6 is 0 Å². The maximum absolute atomic E-state index is 11.5. The Kier molecular flexibility index (Phi) is 5.61. The molecule has 0 aliphatic carbocycles. The van der Waals surface area contributed by atoms with Gasteiger partial charge in [0.15, 0.2) is 5.25 Å². The zero-order valence-electron chi connectivity index (χ0n) is 7.87. The SMILES string of the molecule is O=C(O)CC(C(=O)OCC=CF)S(=O)(=O)O. The molecule has 0 amide bonds. The highest BCUT2D eigenvalue weighted by Crippen LogP contribution is 2.07. The number of halogens is 1. The Labute approximate surface area is 90.3 Å². The molecule has 0 aliphatic rings. The zero-order chi connectivity index (χ0) is 12.8. The highest BCUT2D eigenvalue weighted by molar-refractivity contribution is 7.87. The topological polar surface area (TPSA) is 118 Å². The van der Waals surface area contributed by atoms with Gasteiger partial charge in [0, 0.05) is 0 Å². The van der Waals surface area contributed by atoms with Crippen LogP contribution in [0.1, 0.15) is 6.42 Å². The molecule has 16 heavy (non-hydrogen) atoms. The third-order valence-electron chi connectivity index (χ3n) is 1.39. The van der Waals surface area contributed by atoms with Gasteiger partial charge in [-0.25, -0.2) is 4.39 Å². The number of esters is 1. The predicted molar refractivity (Wildman–Crippen MR) is 48.8 cm³/mol. The second-order valence-corrected chi connectivity index (χ2v) is 4.19. The second kappa shape index (κ2) is 6.18. The molecular weight excluding hydrogens is 247 g/mol. The summed E-state index contributed by atoms with van der Waals surface area (Å²) in [6.07, 6.45) is -0.302. The van der Waals surface area contributed by atoms with Gasteiger partial charge in [-0.15, -0.1) is 0 Å². The minimum absolute atomic E-state index is 0.0624. The van der Waals surface area contributed by atoms with E-state index in [2.05, 4.69) is 4.74 Å². The summed E-state index contributed by atoms with van der Waals surface area (Å²) in [6, 6.07) is 0. The van der Waals surface area contributed by atoms with Gasteiger partial charge in [0.1, 0.15) is 6.61 Å². The van der Waals surface area contributed by atoms with E-state index in [1.165, 1.54) is 0 Å². The molecule has 0 fully saturated rings. The molecule has 0 aromatic rings. The third kappa shape index (κ3) is 5.41. The van der Waals surface area contributed by atoms with Crippen LogP contribution < -0.4 is 0 Å². The molecule has 0 saturated heterocycles. The van der Waals surface area contributed by atoms with Crippen molar-refractivity contribution in [3.63, 3.8) is 0 Å². The molecule has 7 nitrogen and oxygen atoms in total. The standard InChI is InChI=1S/C7H9FO7S/c8-2-1-3-15-7(11)5(4-6(9)10)16(12,13)14/h1-2,5H,3-4H2,(H,9,10)(H,12,13,14). The largest absolute Gasteiger partial charge is 0.481 e. The highest BCUT2D eigenvalue weighted by Gasteiger charge is 2.34. The first-order chi connectivity index (χ1) is 7.29. The van der Waals surface area contributed by atoms with E-state index in [1.807, 2.05) is 0 Å². The van der Waals surface area contributed by atoms with Gasteiger partial charge in [0.2, 0.25) is 0 Å². The molecule has 0 bridgehead atoms. The first-order valence-electron chi connectivity index (χ1n) is 3.89. The van der Waals surface area contributed by atoms with Gasteiger partial charge in [-0.1, -0.05) is 0 Å². The Hall–Kier alpha value is -1.48. The predicted octanol–water partition coefficient (Wildman–Crippen LogP) is -0.256. The second-order valence-electron chi connectivity index (χ2n) is 2.59. The van der Waals surface area contributed by atoms with Crippen LogP contribution in [0.3, 0.4) is 0 Å². The summed E-state index contributed by atoms with van der Waals surface area (Å²) in [5, 5.41) is 6.10. The van der Waals surface area contributed by atoms with Crippen molar-refractivity contribution in [1.29, 1.82) is 0 Å². The average molecular weight is 256 g/mol. The van der Waals surface area contributed by atoms with Crippen molar-refractivity contribution < 1.29 is 36.8 Å². The Morgan fingerprint density at radius 2 is 2.00 bits per heavy atom. The van der Waals surface area contributed by atoms with Gasteiger partial charge in [0.25, 0.3) is 10.1 Å². The fraction of sp³-hybridized carbons (Fsp3) is 0.429. The molecule has 0 spiro atoms. The van der Waals surface area contributed by atoms with Crippen LogP contribution in [0.4, 0.5) is 4.39 Å². The van der Waals surface area contributed by atoms with E-state index in [9.17, 15) is 22.4 Å². The van der Waals surface area contributed by atoms with Gasteiger partial charge >= 0.3 is 11.9 Å². The van der Waals surface area contributed by atoms with Crippen LogP contribution in [-0.4, -0.2) is 41.9 Å². The lowest BCUT2D eigenvalue weighted by molar-refractivity contribution is -0.146. The summed E-state index contributed by atoms with van der Waals surface area (Å²) < 4.78 is 45.5. The van der Waals surface area contributed by atoms with Gasteiger partial charge < -0.3 is 9.84 Å². The number of carboxylic acids is 1. The highest BCUT2D eigenvalue weighted by atomic mass is 32.2. The van der Waals surface area contributed by atoms with E-state index >= 15 is 0 Å². The quantitative estimate of drug-likeness (QED) is 0.496. The summed E-state index contributed by atoms with van der Waals surface area (Å²) in [4.78, 5) is 21.3. The normalized spacial score (nSPS) is 13.6. The maximum Gasteiger partial charge on any atom is 0.327 e. The molecular formula is C7H9FO7S. The molecule has 1 unspecified atom stereocenters. The zero-order valence-corrected chi connectivity index (χ0v) is 8.68. The summed E-state index contributed by atoms with van der Waals surface area (Å²) in [5.41, 5.74) is 0. The lowest BCUT2D eigenvalue weighted by atomic mass is 10.3. The molecule has 1 atom stereocenters. The van der Waals surface area contributed by atoms with Crippen molar-refractivity contribution in [3.05, 3.63) is 12.4 Å². The Morgan fingerprint density at radius 1 is 1.44 bits per heavy atom. The van der Waals surface area contributed by atoms with Gasteiger partial charge in [-0.2, -0.15) is 8.42 Å². The summed E-state index contributed by atoms with van der Waals surface area (Å²) in [5.74, 6) is -3.05.